The minimum atomic E-state index is -0.411. The molecular formula is C16H18N4O2S. The fourth-order valence-electron chi connectivity index (χ4n) is 2.95. The summed E-state index contributed by atoms with van der Waals surface area (Å²) in [4.78, 5) is 19.6. The van der Waals surface area contributed by atoms with E-state index in [1.807, 2.05) is 24.3 Å². The van der Waals surface area contributed by atoms with Gasteiger partial charge in [-0.15, -0.1) is 11.8 Å². The van der Waals surface area contributed by atoms with Crippen LogP contribution in [0.2, 0.25) is 0 Å². The van der Waals surface area contributed by atoms with Gasteiger partial charge in [-0.25, -0.2) is 0 Å². The Kier molecular flexibility index (Phi) is 3.61. The Bertz CT molecular complexity index is 741. The molecule has 1 aromatic heterocycles. The Labute approximate surface area is 138 Å². The molecule has 1 amide bonds. The topological polar surface area (TPSA) is 85.2 Å². The van der Waals surface area contributed by atoms with Crippen molar-refractivity contribution in [2.45, 2.75) is 36.1 Å². The van der Waals surface area contributed by atoms with Gasteiger partial charge >= 0.3 is 0 Å². The number of amides is 1. The van der Waals surface area contributed by atoms with Crippen LogP contribution < -0.4 is 10.6 Å². The third-order valence-electron chi connectivity index (χ3n) is 4.52. The maximum atomic E-state index is 12.2. The highest BCUT2D eigenvalue weighted by Crippen LogP contribution is 2.37. The normalized spacial score (nSPS) is 19.3. The van der Waals surface area contributed by atoms with E-state index in [9.17, 15) is 4.79 Å². The van der Waals surface area contributed by atoms with E-state index in [-0.39, 0.29) is 5.91 Å². The van der Waals surface area contributed by atoms with Crippen LogP contribution in [0.5, 0.6) is 0 Å². The average Bonchev–Trinajstić information content (AvgIpc) is 3.01. The van der Waals surface area contributed by atoms with Gasteiger partial charge in [-0.2, -0.15) is 4.98 Å². The molecule has 0 bridgehead atoms. The number of para-hydroxylation sites is 1. The highest BCUT2D eigenvalue weighted by Gasteiger charge is 2.39. The third kappa shape index (κ3) is 2.64. The van der Waals surface area contributed by atoms with Gasteiger partial charge in [-0.05, 0) is 31.4 Å². The Morgan fingerprint density at radius 1 is 1.35 bits per heavy atom. The van der Waals surface area contributed by atoms with E-state index in [1.54, 1.807) is 16.7 Å². The van der Waals surface area contributed by atoms with Gasteiger partial charge in [-0.3, -0.25) is 4.79 Å². The van der Waals surface area contributed by atoms with Gasteiger partial charge in [0.05, 0.1) is 17.0 Å². The summed E-state index contributed by atoms with van der Waals surface area (Å²) in [5.41, 5.74) is 6.76. The second-order valence-electron chi connectivity index (χ2n) is 6.07. The fraction of sp³-hybridized carbons (Fsp3) is 0.438. The SMILES string of the molecule is NC1(c2noc(CCN3C(=O)CSc4ccccc43)n2)CCC1. The first-order chi connectivity index (χ1) is 11.2. The second kappa shape index (κ2) is 5.65. The number of carbonyl (C=O) groups excluding carboxylic acids is 1. The van der Waals surface area contributed by atoms with Crippen LogP contribution in [0.1, 0.15) is 31.0 Å². The van der Waals surface area contributed by atoms with Crippen molar-refractivity contribution in [1.29, 1.82) is 0 Å². The molecule has 0 unspecified atom stereocenters. The molecular weight excluding hydrogens is 312 g/mol. The molecule has 1 saturated carbocycles. The standard InChI is InChI=1S/C16H18N4O2S/c17-16(7-3-8-16)15-18-13(22-19-15)6-9-20-11-4-1-2-5-12(11)23-10-14(20)21/h1-2,4-5H,3,6-10,17H2. The van der Waals surface area contributed by atoms with Gasteiger partial charge in [0.1, 0.15) is 0 Å². The number of nitrogens with zero attached hydrogens (tertiary/aromatic N) is 3. The number of fused-ring (bicyclic) bond motifs is 1. The van der Waals surface area contributed by atoms with E-state index in [0.717, 1.165) is 29.8 Å². The third-order valence-corrected chi connectivity index (χ3v) is 5.56. The molecule has 2 N–H and O–H groups in total. The predicted octanol–water partition coefficient (Wildman–Crippen LogP) is 2.09. The number of hydrogen-bond donors (Lipinski definition) is 1. The monoisotopic (exact) mass is 330 g/mol. The molecule has 1 aromatic carbocycles. The van der Waals surface area contributed by atoms with Gasteiger partial charge in [0.25, 0.3) is 0 Å². The molecule has 4 rings (SSSR count). The fourth-order valence-corrected chi connectivity index (χ4v) is 3.88. The first-order valence-electron chi connectivity index (χ1n) is 7.80. The van der Waals surface area contributed by atoms with Gasteiger partial charge in [0.15, 0.2) is 5.82 Å². The van der Waals surface area contributed by atoms with E-state index < -0.39 is 5.54 Å². The number of benzene rings is 1. The molecule has 2 aliphatic rings. The van der Waals surface area contributed by atoms with Crippen molar-refractivity contribution in [3.05, 3.63) is 36.0 Å². The van der Waals surface area contributed by atoms with Crippen LogP contribution in [0.15, 0.2) is 33.7 Å². The Morgan fingerprint density at radius 2 is 2.17 bits per heavy atom. The Morgan fingerprint density at radius 3 is 2.96 bits per heavy atom. The lowest BCUT2D eigenvalue weighted by molar-refractivity contribution is -0.116. The van der Waals surface area contributed by atoms with Crippen LogP contribution in [0.4, 0.5) is 5.69 Å². The van der Waals surface area contributed by atoms with E-state index in [1.165, 1.54) is 0 Å². The number of anilines is 1. The van der Waals surface area contributed by atoms with Gasteiger partial charge < -0.3 is 15.2 Å². The van der Waals surface area contributed by atoms with Crippen molar-refractivity contribution in [2.75, 3.05) is 17.2 Å². The first-order valence-corrected chi connectivity index (χ1v) is 8.78. The summed E-state index contributed by atoms with van der Waals surface area (Å²) in [6.45, 7) is 0.537. The summed E-state index contributed by atoms with van der Waals surface area (Å²) in [5, 5.41) is 4.02. The van der Waals surface area contributed by atoms with Crippen molar-refractivity contribution in [2.24, 2.45) is 5.73 Å². The van der Waals surface area contributed by atoms with Crippen LogP contribution in [-0.4, -0.2) is 28.3 Å². The number of rotatable bonds is 4. The lowest BCUT2D eigenvalue weighted by Gasteiger charge is -2.34. The lowest BCUT2D eigenvalue weighted by atomic mass is 9.77. The molecule has 6 nitrogen and oxygen atoms in total. The lowest BCUT2D eigenvalue weighted by Crippen LogP contribution is -2.44. The molecule has 0 atom stereocenters. The number of carbonyl (C=O) groups is 1. The molecule has 2 heterocycles. The molecule has 120 valence electrons. The largest absolute Gasteiger partial charge is 0.339 e. The maximum Gasteiger partial charge on any atom is 0.237 e. The van der Waals surface area contributed by atoms with E-state index >= 15 is 0 Å². The van der Waals surface area contributed by atoms with Gasteiger partial charge in [0, 0.05) is 17.9 Å². The van der Waals surface area contributed by atoms with E-state index in [4.69, 9.17) is 10.3 Å². The van der Waals surface area contributed by atoms with E-state index in [0.29, 0.717) is 30.4 Å². The predicted molar refractivity (Wildman–Crippen MR) is 87.2 cm³/mol. The summed E-state index contributed by atoms with van der Waals surface area (Å²) < 4.78 is 5.32. The number of nitrogens with two attached hydrogens (primary N) is 1. The van der Waals surface area contributed by atoms with Crippen LogP contribution >= 0.6 is 11.8 Å². The van der Waals surface area contributed by atoms with Crippen molar-refractivity contribution in [3.63, 3.8) is 0 Å². The number of thioether (sulfide) groups is 1. The molecule has 1 fully saturated rings. The van der Waals surface area contributed by atoms with Crippen molar-refractivity contribution >= 4 is 23.4 Å². The zero-order chi connectivity index (χ0) is 15.9. The molecule has 7 heteroatoms. The minimum Gasteiger partial charge on any atom is -0.339 e. The van der Waals surface area contributed by atoms with Crippen molar-refractivity contribution in [1.82, 2.24) is 10.1 Å². The smallest absolute Gasteiger partial charge is 0.237 e. The van der Waals surface area contributed by atoms with Crippen molar-refractivity contribution < 1.29 is 9.32 Å². The molecule has 0 saturated heterocycles. The Hall–Kier alpha value is -1.86. The first kappa shape index (κ1) is 14.7. The van der Waals surface area contributed by atoms with Crippen LogP contribution in [0.3, 0.4) is 0 Å². The summed E-state index contributed by atoms with van der Waals surface area (Å²) in [6.07, 6.45) is 3.45. The molecule has 2 aromatic rings. The summed E-state index contributed by atoms with van der Waals surface area (Å²) >= 11 is 1.58. The highest BCUT2D eigenvalue weighted by atomic mass is 32.2. The molecule has 1 aliphatic carbocycles. The molecule has 0 spiro atoms. The molecule has 0 radical (unpaired) electrons. The number of hydrogen-bond acceptors (Lipinski definition) is 6. The van der Waals surface area contributed by atoms with Gasteiger partial charge in [-0.1, -0.05) is 17.3 Å². The molecule has 1 aliphatic heterocycles. The van der Waals surface area contributed by atoms with Crippen LogP contribution in [0, 0.1) is 0 Å². The summed E-state index contributed by atoms with van der Waals surface area (Å²) in [7, 11) is 0. The van der Waals surface area contributed by atoms with Crippen molar-refractivity contribution in [3.8, 4) is 0 Å². The summed E-state index contributed by atoms with van der Waals surface area (Å²) in [6, 6.07) is 7.95. The van der Waals surface area contributed by atoms with Crippen LogP contribution in [0.25, 0.3) is 0 Å². The van der Waals surface area contributed by atoms with Gasteiger partial charge in [0.2, 0.25) is 11.8 Å². The average molecular weight is 330 g/mol. The van der Waals surface area contributed by atoms with Crippen LogP contribution in [-0.2, 0) is 16.8 Å². The quantitative estimate of drug-likeness (QED) is 0.924. The number of aromatic nitrogens is 2. The maximum absolute atomic E-state index is 12.2. The highest BCUT2D eigenvalue weighted by molar-refractivity contribution is 8.00. The second-order valence-corrected chi connectivity index (χ2v) is 7.09. The minimum absolute atomic E-state index is 0.114. The zero-order valence-electron chi connectivity index (χ0n) is 12.7. The molecule has 23 heavy (non-hydrogen) atoms. The zero-order valence-corrected chi connectivity index (χ0v) is 13.5. The summed E-state index contributed by atoms with van der Waals surface area (Å²) in [5.74, 6) is 1.72. The van der Waals surface area contributed by atoms with E-state index in [2.05, 4.69) is 10.1 Å². The Balaban J connectivity index is 1.48.